The third-order valence-corrected chi connectivity index (χ3v) is 2.45. The molecule has 0 saturated heterocycles. The molecule has 2 nitrogen and oxygen atoms in total. The maximum Gasteiger partial charge on any atom is 0.126 e. The predicted molar refractivity (Wildman–Crippen MR) is 64.2 cm³/mol. The average molecular weight is 223 g/mol. The van der Waals surface area contributed by atoms with Crippen molar-refractivity contribution in [2.45, 2.75) is 19.4 Å². The Kier molecular flexibility index (Phi) is 4.99. The summed E-state index contributed by atoms with van der Waals surface area (Å²) >= 11 is 0. The van der Waals surface area contributed by atoms with Crippen molar-refractivity contribution in [3.05, 3.63) is 42.2 Å². The molecule has 0 aliphatic carbocycles. The zero-order valence-corrected chi connectivity index (χ0v) is 9.79. The van der Waals surface area contributed by atoms with Gasteiger partial charge in [0.25, 0.3) is 0 Å². The van der Waals surface area contributed by atoms with Crippen LogP contribution in [0, 0.1) is 5.82 Å². The van der Waals surface area contributed by atoms with Crippen molar-refractivity contribution in [2.75, 3.05) is 13.7 Å². The Morgan fingerprint density at radius 1 is 1.56 bits per heavy atom. The van der Waals surface area contributed by atoms with Crippen LogP contribution in [-0.2, 0) is 0 Å². The quantitative estimate of drug-likeness (QED) is 0.591. The van der Waals surface area contributed by atoms with Gasteiger partial charge in [0.2, 0.25) is 0 Å². The molecular formula is C13H18FNO. The van der Waals surface area contributed by atoms with Crippen LogP contribution >= 0.6 is 0 Å². The Labute approximate surface area is 96.1 Å². The van der Waals surface area contributed by atoms with E-state index >= 15 is 0 Å². The van der Waals surface area contributed by atoms with E-state index in [0.29, 0.717) is 12.4 Å². The highest BCUT2D eigenvalue weighted by atomic mass is 19.1. The molecule has 1 rings (SSSR count). The first-order valence-electron chi connectivity index (χ1n) is 5.39. The van der Waals surface area contributed by atoms with Gasteiger partial charge in [-0.15, -0.1) is 6.58 Å². The molecule has 1 aromatic rings. The van der Waals surface area contributed by atoms with Crippen LogP contribution in [0.25, 0.3) is 0 Å². The van der Waals surface area contributed by atoms with Gasteiger partial charge in [0.15, 0.2) is 0 Å². The Morgan fingerprint density at radius 3 is 2.94 bits per heavy atom. The molecule has 0 aliphatic heterocycles. The Morgan fingerprint density at radius 2 is 2.31 bits per heavy atom. The molecule has 0 bridgehead atoms. The molecule has 0 aliphatic rings. The SMILES string of the molecule is C=CCCOc1cc(F)ccc1C(C)NC. The molecule has 1 unspecified atom stereocenters. The van der Waals surface area contributed by atoms with Crippen LogP contribution in [0.4, 0.5) is 4.39 Å². The Hall–Kier alpha value is -1.35. The molecule has 88 valence electrons. The first-order chi connectivity index (χ1) is 7.69. The first kappa shape index (κ1) is 12.7. The molecule has 0 spiro atoms. The monoisotopic (exact) mass is 223 g/mol. The van der Waals surface area contributed by atoms with E-state index < -0.39 is 0 Å². The van der Waals surface area contributed by atoms with Crippen molar-refractivity contribution in [3.63, 3.8) is 0 Å². The Bertz CT molecular complexity index is 352. The van der Waals surface area contributed by atoms with Crippen LogP contribution < -0.4 is 10.1 Å². The standard InChI is InChI=1S/C13H18FNO/c1-4-5-8-16-13-9-11(14)6-7-12(13)10(2)15-3/h4,6-7,9-10,15H,1,5,8H2,2-3H3. The number of hydrogen-bond acceptors (Lipinski definition) is 2. The number of hydrogen-bond donors (Lipinski definition) is 1. The second kappa shape index (κ2) is 6.28. The summed E-state index contributed by atoms with van der Waals surface area (Å²) in [5.74, 6) is 0.323. The molecule has 16 heavy (non-hydrogen) atoms. The highest BCUT2D eigenvalue weighted by Gasteiger charge is 2.10. The summed E-state index contributed by atoms with van der Waals surface area (Å²) in [5.41, 5.74) is 0.966. The van der Waals surface area contributed by atoms with Gasteiger partial charge < -0.3 is 10.1 Å². The van der Waals surface area contributed by atoms with Gasteiger partial charge in [-0.25, -0.2) is 4.39 Å². The lowest BCUT2D eigenvalue weighted by atomic mass is 10.1. The van der Waals surface area contributed by atoms with E-state index in [4.69, 9.17) is 4.74 Å². The number of benzene rings is 1. The van der Waals surface area contributed by atoms with Gasteiger partial charge in [0.1, 0.15) is 11.6 Å². The van der Waals surface area contributed by atoms with E-state index in [1.54, 1.807) is 12.1 Å². The minimum Gasteiger partial charge on any atom is -0.493 e. The van der Waals surface area contributed by atoms with E-state index in [2.05, 4.69) is 11.9 Å². The number of halogens is 1. The van der Waals surface area contributed by atoms with Gasteiger partial charge in [0, 0.05) is 17.7 Å². The number of nitrogens with one attached hydrogen (secondary N) is 1. The van der Waals surface area contributed by atoms with Crippen LogP contribution in [0.2, 0.25) is 0 Å². The average Bonchev–Trinajstić information content (AvgIpc) is 2.29. The minimum absolute atomic E-state index is 0.138. The van der Waals surface area contributed by atoms with Gasteiger partial charge in [-0.2, -0.15) is 0 Å². The van der Waals surface area contributed by atoms with Crippen LogP contribution in [0.5, 0.6) is 5.75 Å². The summed E-state index contributed by atoms with van der Waals surface area (Å²) < 4.78 is 18.6. The lowest BCUT2D eigenvalue weighted by Crippen LogP contribution is -2.14. The molecule has 0 heterocycles. The van der Waals surface area contributed by atoms with Gasteiger partial charge in [0.05, 0.1) is 6.61 Å². The summed E-state index contributed by atoms with van der Waals surface area (Å²) in [6, 6.07) is 4.76. The van der Waals surface area contributed by atoms with Crippen molar-refractivity contribution in [1.29, 1.82) is 0 Å². The summed E-state index contributed by atoms with van der Waals surface area (Å²) in [4.78, 5) is 0. The number of ether oxygens (including phenoxy) is 1. The second-order valence-corrected chi connectivity index (χ2v) is 3.62. The fourth-order valence-corrected chi connectivity index (χ4v) is 1.40. The van der Waals surface area contributed by atoms with Crippen LogP contribution in [-0.4, -0.2) is 13.7 Å². The lowest BCUT2D eigenvalue weighted by Gasteiger charge is -2.16. The van der Waals surface area contributed by atoms with Crippen LogP contribution in [0.15, 0.2) is 30.9 Å². The van der Waals surface area contributed by atoms with E-state index in [9.17, 15) is 4.39 Å². The highest BCUT2D eigenvalue weighted by molar-refractivity contribution is 5.36. The van der Waals surface area contributed by atoms with Crippen molar-refractivity contribution >= 4 is 0 Å². The summed E-state index contributed by atoms with van der Waals surface area (Å²) in [6.07, 6.45) is 2.53. The van der Waals surface area contributed by atoms with E-state index in [0.717, 1.165) is 12.0 Å². The van der Waals surface area contributed by atoms with E-state index in [1.165, 1.54) is 12.1 Å². The third-order valence-electron chi connectivity index (χ3n) is 2.45. The minimum atomic E-state index is -0.277. The Balaban J connectivity index is 2.84. The molecule has 1 N–H and O–H groups in total. The molecule has 0 aromatic heterocycles. The van der Waals surface area contributed by atoms with Crippen molar-refractivity contribution in [3.8, 4) is 5.75 Å². The fourth-order valence-electron chi connectivity index (χ4n) is 1.40. The van der Waals surface area contributed by atoms with Gasteiger partial charge >= 0.3 is 0 Å². The van der Waals surface area contributed by atoms with Crippen molar-refractivity contribution < 1.29 is 9.13 Å². The van der Waals surface area contributed by atoms with Crippen molar-refractivity contribution in [1.82, 2.24) is 5.32 Å². The highest BCUT2D eigenvalue weighted by Crippen LogP contribution is 2.26. The molecule has 0 saturated carbocycles. The molecule has 3 heteroatoms. The maximum absolute atomic E-state index is 13.1. The fraction of sp³-hybridized carbons (Fsp3) is 0.385. The third kappa shape index (κ3) is 3.35. The maximum atomic E-state index is 13.1. The zero-order valence-electron chi connectivity index (χ0n) is 9.79. The number of rotatable bonds is 6. The normalized spacial score (nSPS) is 12.2. The van der Waals surface area contributed by atoms with Crippen LogP contribution in [0.3, 0.4) is 0 Å². The zero-order chi connectivity index (χ0) is 12.0. The summed E-state index contributed by atoms with van der Waals surface area (Å²) in [6.45, 7) is 6.15. The van der Waals surface area contributed by atoms with Gasteiger partial charge in [-0.05, 0) is 26.5 Å². The second-order valence-electron chi connectivity index (χ2n) is 3.62. The molecule has 1 aromatic carbocycles. The molecule has 0 radical (unpaired) electrons. The molecule has 0 fully saturated rings. The first-order valence-corrected chi connectivity index (χ1v) is 5.39. The molecule has 0 amide bonds. The largest absolute Gasteiger partial charge is 0.493 e. The smallest absolute Gasteiger partial charge is 0.126 e. The van der Waals surface area contributed by atoms with Crippen molar-refractivity contribution in [2.24, 2.45) is 0 Å². The van der Waals surface area contributed by atoms with Gasteiger partial charge in [-0.3, -0.25) is 0 Å². The topological polar surface area (TPSA) is 21.3 Å². The van der Waals surface area contributed by atoms with E-state index in [1.807, 2.05) is 14.0 Å². The van der Waals surface area contributed by atoms with Crippen LogP contribution in [0.1, 0.15) is 24.9 Å². The van der Waals surface area contributed by atoms with E-state index in [-0.39, 0.29) is 11.9 Å². The summed E-state index contributed by atoms with van der Waals surface area (Å²) in [5, 5.41) is 3.11. The summed E-state index contributed by atoms with van der Waals surface area (Å²) in [7, 11) is 1.86. The van der Waals surface area contributed by atoms with Gasteiger partial charge in [-0.1, -0.05) is 12.1 Å². The lowest BCUT2D eigenvalue weighted by molar-refractivity contribution is 0.317. The molecule has 1 atom stereocenters. The predicted octanol–water partition coefficient (Wildman–Crippen LogP) is 3.06. The molecular weight excluding hydrogens is 205 g/mol.